The summed E-state index contributed by atoms with van der Waals surface area (Å²) in [5, 5.41) is 0. The molecule has 0 aromatic carbocycles. The smallest absolute Gasteiger partial charge is 0.309 e. The highest BCUT2D eigenvalue weighted by Crippen LogP contribution is 2.35. The average molecular weight is 198 g/mol. The summed E-state index contributed by atoms with van der Waals surface area (Å²) in [4.78, 5) is 11.7. The maximum Gasteiger partial charge on any atom is 0.309 e. The van der Waals surface area contributed by atoms with Crippen LogP contribution in [0.25, 0.3) is 0 Å². The van der Waals surface area contributed by atoms with Crippen LogP contribution in [0.3, 0.4) is 0 Å². The van der Waals surface area contributed by atoms with Crippen molar-refractivity contribution >= 4 is 5.97 Å². The van der Waals surface area contributed by atoms with E-state index in [1.54, 1.807) is 0 Å². The van der Waals surface area contributed by atoms with E-state index in [-0.39, 0.29) is 11.9 Å². The molecule has 82 valence electrons. The van der Waals surface area contributed by atoms with Gasteiger partial charge < -0.3 is 4.74 Å². The van der Waals surface area contributed by atoms with Crippen molar-refractivity contribution in [2.75, 3.05) is 6.61 Å². The Bertz CT molecular complexity index is 187. The molecule has 1 aliphatic rings. The van der Waals surface area contributed by atoms with Gasteiger partial charge in [-0.05, 0) is 31.6 Å². The summed E-state index contributed by atoms with van der Waals surface area (Å²) < 4.78 is 5.12. The van der Waals surface area contributed by atoms with Crippen LogP contribution in [-0.2, 0) is 9.53 Å². The number of carbonyl (C=O) groups is 1. The van der Waals surface area contributed by atoms with Crippen molar-refractivity contribution in [3.8, 4) is 0 Å². The van der Waals surface area contributed by atoms with Crippen LogP contribution in [0.4, 0.5) is 0 Å². The van der Waals surface area contributed by atoms with Crippen LogP contribution in [0.15, 0.2) is 0 Å². The van der Waals surface area contributed by atoms with Gasteiger partial charge in [0.2, 0.25) is 0 Å². The summed E-state index contributed by atoms with van der Waals surface area (Å²) in [6.07, 6.45) is 4.69. The summed E-state index contributed by atoms with van der Waals surface area (Å²) in [7, 11) is 0. The third kappa shape index (κ3) is 2.73. The van der Waals surface area contributed by atoms with Gasteiger partial charge in [-0.25, -0.2) is 0 Å². The van der Waals surface area contributed by atoms with Gasteiger partial charge in [-0.3, -0.25) is 4.79 Å². The molecule has 0 unspecified atom stereocenters. The van der Waals surface area contributed by atoms with Gasteiger partial charge in [0.15, 0.2) is 0 Å². The van der Waals surface area contributed by atoms with E-state index in [0.29, 0.717) is 18.4 Å². The molecule has 0 amide bonds. The fourth-order valence-corrected chi connectivity index (χ4v) is 2.50. The van der Waals surface area contributed by atoms with Crippen LogP contribution in [0.5, 0.6) is 0 Å². The standard InChI is InChI=1S/C12H22O2/c1-4-14-12(13)11-8-6-5-7-10(11)9(2)3/h9-11H,4-8H2,1-3H3/t10-,11-/m0/s1. The van der Waals surface area contributed by atoms with Gasteiger partial charge in [0.25, 0.3) is 0 Å². The van der Waals surface area contributed by atoms with Crippen molar-refractivity contribution in [2.24, 2.45) is 17.8 Å². The Balaban J connectivity index is 2.57. The van der Waals surface area contributed by atoms with Gasteiger partial charge in [0.1, 0.15) is 0 Å². The zero-order chi connectivity index (χ0) is 10.6. The van der Waals surface area contributed by atoms with Crippen LogP contribution < -0.4 is 0 Å². The second-order valence-electron chi connectivity index (χ2n) is 4.55. The lowest BCUT2D eigenvalue weighted by molar-refractivity contribution is -0.152. The molecule has 1 fully saturated rings. The number of carbonyl (C=O) groups excluding carboxylic acids is 1. The second-order valence-corrected chi connectivity index (χ2v) is 4.55. The third-order valence-electron chi connectivity index (χ3n) is 3.27. The minimum Gasteiger partial charge on any atom is -0.466 e. The molecule has 0 bridgehead atoms. The minimum absolute atomic E-state index is 0.0332. The number of ether oxygens (including phenoxy) is 1. The lowest BCUT2D eigenvalue weighted by Gasteiger charge is -2.32. The van der Waals surface area contributed by atoms with E-state index in [9.17, 15) is 4.79 Å². The molecule has 0 heterocycles. The summed E-state index contributed by atoms with van der Waals surface area (Å²) in [5.74, 6) is 1.35. The van der Waals surface area contributed by atoms with Crippen LogP contribution in [-0.4, -0.2) is 12.6 Å². The Morgan fingerprint density at radius 2 is 2.00 bits per heavy atom. The Morgan fingerprint density at radius 1 is 1.36 bits per heavy atom. The Morgan fingerprint density at radius 3 is 2.57 bits per heavy atom. The normalized spacial score (nSPS) is 27.7. The first kappa shape index (κ1) is 11.5. The van der Waals surface area contributed by atoms with Gasteiger partial charge in [-0.15, -0.1) is 0 Å². The largest absolute Gasteiger partial charge is 0.466 e. The van der Waals surface area contributed by atoms with E-state index in [1.165, 1.54) is 19.3 Å². The molecule has 0 aliphatic heterocycles. The van der Waals surface area contributed by atoms with E-state index < -0.39 is 0 Å². The number of hydrogen-bond donors (Lipinski definition) is 0. The summed E-state index contributed by atoms with van der Waals surface area (Å²) in [6, 6.07) is 0. The van der Waals surface area contributed by atoms with Gasteiger partial charge in [-0.2, -0.15) is 0 Å². The Labute approximate surface area is 87.0 Å². The predicted octanol–water partition coefficient (Wildman–Crippen LogP) is 3.01. The SMILES string of the molecule is CCOC(=O)[C@H]1CCCC[C@H]1C(C)C. The van der Waals surface area contributed by atoms with Crippen molar-refractivity contribution < 1.29 is 9.53 Å². The highest BCUT2D eigenvalue weighted by atomic mass is 16.5. The molecule has 0 saturated heterocycles. The zero-order valence-electron chi connectivity index (χ0n) is 9.58. The van der Waals surface area contributed by atoms with Crippen molar-refractivity contribution in [3.05, 3.63) is 0 Å². The lowest BCUT2D eigenvalue weighted by atomic mass is 9.73. The molecule has 1 aliphatic carbocycles. The molecular weight excluding hydrogens is 176 g/mol. The highest BCUT2D eigenvalue weighted by molar-refractivity contribution is 5.72. The molecule has 1 saturated carbocycles. The Kier molecular flexibility index (Phi) is 4.43. The monoisotopic (exact) mass is 198 g/mol. The highest BCUT2D eigenvalue weighted by Gasteiger charge is 2.33. The van der Waals surface area contributed by atoms with Crippen LogP contribution in [0.1, 0.15) is 46.5 Å². The topological polar surface area (TPSA) is 26.3 Å². The van der Waals surface area contributed by atoms with Gasteiger partial charge in [-0.1, -0.05) is 26.7 Å². The first-order valence-corrected chi connectivity index (χ1v) is 5.83. The van der Waals surface area contributed by atoms with E-state index in [0.717, 1.165) is 6.42 Å². The maximum absolute atomic E-state index is 11.7. The molecule has 14 heavy (non-hydrogen) atoms. The first-order chi connectivity index (χ1) is 6.66. The van der Waals surface area contributed by atoms with E-state index in [1.807, 2.05) is 6.92 Å². The zero-order valence-corrected chi connectivity index (χ0v) is 9.58. The Hall–Kier alpha value is -0.530. The van der Waals surface area contributed by atoms with Gasteiger partial charge in [0, 0.05) is 0 Å². The van der Waals surface area contributed by atoms with Crippen LogP contribution in [0.2, 0.25) is 0 Å². The van der Waals surface area contributed by atoms with E-state index >= 15 is 0 Å². The van der Waals surface area contributed by atoms with Crippen molar-refractivity contribution in [2.45, 2.75) is 46.5 Å². The quantitative estimate of drug-likeness (QED) is 0.652. The van der Waals surface area contributed by atoms with E-state index in [4.69, 9.17) is 4.74 Å². The molecule has 1 rings (SSSR count). The van der Waals surface area contributed by atoms with Crippen molar-refractivity contribution in [1.29, 1.82) is 0 Å². The number of esters is 1. The molecule has 0 aromatic rings. The second kappa shape index (κ2) is 5.38. The molecule has 0 spiro atoms. The van der Waals surface area contributed by atoms with E-state index in [2.05, 4.69) is 13.8 Å². The summed E-state index contributed by atoms with van der Waals surface area (Å²) in [6.45, 7) is 6.82. The van der Waals surface area contributed by atoms with Crippen molar-refractivity contribution in [3.63, 3.8) is 0 Å². The number of hydrogen-bond acceptors (Lipinski definition) is 2. The van der Waals surface area contributed by atoms with Gasteiger partial charge in [0.05, 0.1) is 12.5 Å². The van der Waals surface area contributed by atoms with Crippen LogP contribution >= 0.6 is 0 Å². The predicted molar refractivity (Wildman–Crippen MR) is 56.9 cm³/mol. The molecule has 0 radical (unpaired) electrons. The van der Waals surface area contributed by atoms with Crippen molar-refractivity contribution in [1.82, 2.24) is 0 Å². The fraction of sp³-hybridized carbons (Fsp3) is 0.917. The lowest BCUT2D eigenvalue weighted by Crippen LogP contribution is -2.31. The maximum atomic E-state index is 11.7. The number of rotatable bonds is 3. The minimum atomic E-state index is 0.0332. The molecule has 2 heteroatoms. The molecule has 2 nitrogen and oxygen atoms in total. The average Bonchev–Trinajstić information content (AvgIpc) is 2.18. The third-order valence-corrected chi connectivity index (χ3v) is 3.27. The summed E-state index contributed by atoms with van der Waals surface area (Å²) in [5.41, 5.74) is 0. The first-order valence-electron chi connectivity index (χ1n) is 5.83. The summed E-state index contributed by atoms with van der Waals surface area (Å²) >= 11 is 0. The molecular formula is C12H22O2. The molecule has 0 N–H and O–H groups in total. The fourth-order valence-electron chi connectivity index (χ4n) is 2.50. The van der Waals surface area contributed by atoms with Gasteiger partial charge >= 0.3 is 5.97 Å². The molecule has 2 atom stereocenters. The molecule has 0 aromatic heterocycles. The van der Waals surface area contributed by atoms with Crippen LogP contribution in [0, 0.1) is 17.8 Å².